The highest BCUT2D eigenvalue weighted by Gasteiger charge is 2.04. The van der Waals surface area contributed by atoms with Crippen LogP contribution in [0.3, 0.4) is 0 Å². The Morgan fingerprint density at radius 1 is 0.722 bits per heavy atom. The van der Waals surface area contributed by atoms with Crippen LogP contribution in [0, 0.1) is 0 Å². The lowest BCUT2D eigenvalue weighted by molar-refractivity contribution is -0.679. The first-order valence-electron chi connectivity index (χ1n) is 6.37. The Bertz CT molecular complexity index is 433. The third-order valence-corrected chi connectivity index (χ3v) is 2.90. The minimum absolute atomic E-state index is 0.960. The third kappa shape index (κ3) is 3.22. The molecule has 0 aliphatic rings. The van der Waals surface area contributed by atoms with Gasteiger partial charge in [0.2, 0.25) is 0 Å². The molecule has 2 rings (SSSR count). The highest BCUT2D eigenvalue weighted by Crippen LogP contribution is 2.15. The van der Waals surface area contributed by atoms with Gasteiger partial charge in [0.05, 0.1) is 0 Å². The van der Waals surface area contributed by atoms with Gasteiger partial charge in [0, 0.05) is 24.3 Å². The second-order valence-corrected chi connectivity index (χ2v) is 4.38. The van der Waals surface area contributed by atoms with Crippen molar-refractivity contribution in [3.8, 4) is 11.1 Å². The summed E-state index contributed by atoms with van der Waals surface area (Å²) in [6, 6.07) is 8.65. The molecule has 88 valence electrons. The molecular formula is C14H18B2N2+2. The van der Waals surface area contributed by atoms with Gasteiger partial charge in [-0.2, -0.15) is 0 Å². The van der Waals surface area contributed by atoms with Crippen LogP contribution in [0.5, 0.6) is 0 Å². The molecule has 0 saturated heterocycles. The molecule has 2 radical (unpaired) electrons. The van der Waals surface area contributed by atoms with Gasteiger partial charge in [-0.15, -0.1) is 0 Å². The number of aromatic nitrogens is 2. The maximum absolute atomic E-state index is 2.17. The van der Waals surface area contributed by atoms with Crippen molar-refractivity contribution in [1.82, 2.24) is 0 Å². The molecule has 0 amide bonds. The average Bonchev–Trinajstić information content (AvgIpc) is 2.41. The van der Waals surface area contributed by atoms with E-state index >= 15 is 0 Å². The van der Waals surface area contributed by atoms with Gasteiger partial charge < -0.3 is 0 Å². The number of hydrogen-bond donors (Lipinski definition) is 0. The van der Waals surface area contributed by atoms with Gasteiger partial charge >= 0.3 is 0 Å². The monoisotopic (exact) mass is 236 g/mol. The Labute approximate surface area is 111 Å². The fourth-order valence-corrected chi connectivity index (χ4v) is 1.96. The molecular weight excluding hydrogens is 218 g/mol. The molecule has 0 spiro atoms. The Balaban J connectivity index is 2.15. The maximum atomic E-state index is 2.17. The molecule has 0 aromatic carbocycles. The first kappa shape index (κ1) is 12.9. The van der Waals surface area contributed by atoms with Crippen LogP contribution in [-0.4, -0.2) is 14.6 Å². The van der Waals surface area contributed by atoms with E-state index in [0.29, 0.717) is 0 Å². The highest BCUT2D eigenvalue weighted by atomic mass is 14.9. The lowest BCUT2D eigenvalue weighted by atomic mass is 9.82. The van der Waals surface area contributed by atoms with Crippen molar-refractivity contribution in [2.75, 3.05) is 0 Å². The second-order valence-electron chi connectivity index (χ2n) is 4.38. The van der Waals surface area contributed by atoms with Crippen molar-refractivity contribution in [1.29, 1.82) is 0 Å². The Morgan fingerprint density at radius 3 is 1.33 bits per heavy atom. The molecule has 0 atom stereocenters. The molecule has 4 heteroatoms. The van der Waals surface area contributed by atoms with Crippen LogP contribution in [0.15, 0.2) is 49.1 Å². The topological polar surface area (TPSA) is 7.76 Å². The molecule has 2 nitrogen and oxygen atoms in total. The quantitative estimate of drug-likeness (QED) is 0.546. The third-order valence-electron chi connectivity index (χ3n) is 2.90. The molecule has 0 aliphatic carbocycles. The molecule has 0 unspecified atom stereocenters. The summed E-state index contributed by atoms with van der Waals surface area (Å²) >= 11 is 0. The van der Waals surface area contributed by atoms with Crippen LogP contribution in [0.2, 0.25) is 13.6 Å². The summed E-state index contributed by atoms with van der Waals surface area (Å²) in [4.78, 5) is 0. The van der Waals surface area contributed by atoms with E-state index in [-0.39, 0.29) is 0 Å². The van der Waals surface area contributed by atoms with E-state index in [1.54, 1.807) is 0 Å². The van der Waals surface area contributed by atoms with Gasteiger partial charge in [-0.1, -0.05) is 13.6 Å². The highest BCUT2D eigenvalue weighted by molar-refractivity contribution is 6.31. The first-order valence-corrected chi connectivity index (χ1v) is 6.37. The minimum Gasteiger partial charge on any atom is -0.214 e. The van der Waals surface area contributed by atoms with E-state index in [1.807, 2.05) is 0 Å². The number of rotatable bonds is 5. The predicted molar refractivity (Wildman–Crippen MR) is 75.5 cm³/mol. The van der Waals surface area contributed by atoms with Gasteiger partial charge in [-0.3, -0.25) is 0 Å². The molecule has 0 saturated carbocycles. The van der Waals surface area contributed by atoms with Gasteiger partial charge in [-0.05, 0) is 11.1 Å². The molecule has 2 aromatic rings. The van der Waals surface area contributed by atoms with Gasteiger partial charge in [0.1, 0.15) is 12.9 Å². The molecule has 2 heterocycles. The SMILES string of the molecule is C[B]C[n+]1ccc(-c2cc[n+](C[B]C)cc2)cc1. The van der Waals surface area contributed by atoms with Crippen LogP contribution in [-0.2, 0) is 12.9 Å². The molecule has 0 aliphatic heterocycles. The van der Waals surface area contributed by atoms with Gasteiger partial charge in [0.15, 0.2) is 39.3 Å². The Morgan fingerprint density at radius 2 is 1.06 bits per heavy atom. The fourth-order valence-electron chi connectivity index (χ4n) is 1.96. The zero-order chi connectivity index (χ0) is 12.8. The number of hydrogen-bond acceptors (Lipinski definition) is 0. The summed E-state index contributed by atoms with van der Waals surface area (Å²) in [5.74, 6) is 0. The largest absolute Gasteiger partial charge is 0.214 e. The van der Waals surface area contributed by atoms with Crippen molar-refractivity contribution >= 4 is 14.6 Å². The van der Waals surface area contributed by atoms with E-state index in [0.717, 1.165) is 12.9 Å². The standard InChI is InChI=1S/C14H18B2N2/c1-15-11-17-7-3-13(4-8-17)14-5-9-18(10-6-14)12-16-2/h3-10H,11-12H2,1-2H3/q+2. The summed E-state index contributed by atoms with van der Waals surface area (Å²) in [6.07, 6.45) is 10.4. The van der Waals surface area contributed by atoms with Crippen molar-refractivity contribution in [2.45, 2.75) is 26.5 Å². The van der Waals surface area contributed by atoms with Crippen LogP contribution < -0.4 is 9.13 Å². The summed E-state index contributed by atoms with van der Waals surface area (Å²) in [5, 5.41) is 0. The van der Waals surface area contributed by atoms with E-state index < -0.39 is 0 Å². The van der Waals surface area contributed by atoms with Crippen molar-refractivity contribution in [2.24, 2.45) is 0 Å². The first-order chi connectivity index (χ1) is 8.83. The van der Waals surface area contributed by atoms with E-state index in [1.165, 1.54) is 11.1 Å². The maximum Gasteiger partial charge on any atom is 0.197 e. The average molecular weight is 236 g/mol. The summed E-state index contributed by atoms with van der Waals surface area (Å²) < 4.78 is 4.33. The zero-order valence-electron chi connectivity index (χ0n) is 11.1. The Hall–Kier alpha value is -1.57. The predicted octanol–water partition coefficient (Wildman–Crippen LogP) is 1.35. The molecule has 0 bridgehead atoms. The van der Waals surface area contributed by atoms with Gasteiger partial charge in [0.25, 0.3) is 0 Å². The van der Waals surface area contributed by atoms with Gasteiger partial charge in [-0.25, -0.2) is 9.13 Å². The van der Waals surface area contributed by atoms with E-state index in [4.69, 9.17) is 0 Å². The van der Waals surface area contributed by atoms with Crippen molar-refractivity contribution < 1.29 is 9.13 Å². The zero-order valence-corrected chi connectivity index (χ0v) is 11.1. The summed E-state index contributed by atoms with van der Waals surface area (Å²) in [7, 11) is 4.29. The molecule has 0 fully saturated rings. The van der Waals surface area contributed by atoms with E-state index in [9.17, 15) is 0 Å². The summed E-state index contributed by atoms with van der Waals surface area (Å²) in [6.45, 7) is 4.14. The summed E-state index contributed by atoms with van der Waals surface area (Å²) in [5.41, 5.74) is 2.52. The number of pyridine rings is 2. The molecule has 0 N–H and O–H groups in total. The molecule has 2 aromatic heterocycles. The van der Waals surface area contributed by atoms with Crippen LogP contribution in [0.4, 0.5) is 0 Å². The minimum atomic E-state index is 0.960. The lowest BCUT2D eigenvalue weighted by Gasteiger charge is -2.00. The van der Waals surface area contributed by atoms with Crippen LogP contribution in [0.25, 0.3) is 11.1 Å². The van der Waals surface area contributed by atoms with E-state index in [2.05, 4.69) is 86.4 Å². The lowest BCUT2D eigenvalue weighted by Crippen LogP contribution is -2.35. The normalized spacial score (nSPS) is 10.1. The molecule has 18 heavy (non-hydrogen) atoms. The van der Waals surface area contributed by atoms with Crippen LogP contribution >= 0.6 is 0 Å². The number of nitrogens with zero attached hydrogens (tertiary/aromatic N) is 2. The second kappa shape index (κ2) is 6.39. The van der Waals surface area contributed by atoms with Crippen molar-refractivity contribution in [3.05, 3.63) is 49.1 Å². The Kier molecular flexibility index (Phi) is 4.57. The smallest absolute Gasteiger partial charge is 0.197 e. The van der Waals surface area contributed by atoms with Crippen LogP contribution in [0.1, 0.15) is 0 Å². The van der Waals surface area contributed by atoms with Crippen molar-refractivity contribution in [3.63, 3.8) is 0 Å². The fraction of sp³-hybridized carbons (Fsp3) is 0.286.